The minimum atomic E-state index is -3.84. The molecule has 0 unspecified atom stereocenters. The van der Waals surface area contributed by atoms with Gasteiger partial charge in [0.15, 0.2) is 14.6 Å². The third kappa shape index (κ3) is 3.42. The molecule has 2 aliphatic rings. The lowest BCUT2D eigenvalue weighted by molar-refractivity contribution is -0.118. The maximum atomic E-state index is 13.5. The number of carbonyl (C=O) groups excluding carboxylic acids is 1. The molecule has 154 valence electrons. The maximum Gasteiger partial charge on any atom is 0.246 e. The molecule has 7 heteroatoms. The van der Waals surface area contributed by atoms with Crippen molar-refractivity contribution in [1.29, 1.82) is 0 Å². The second kappa shape index (κ2) is 7.65. The highest BCUT2D eigenvalue weighted by Crippen LogP contribution is 2.42. The summed E-state index contributed by atoms with van der Waals surface area (Å²) < 4.78 is 25.5. The minimum absolute atomic E-state index is 0.144. The van der Waals surface area contributed by atoms with E-state index in [4.69, 9.17) is 11.6 Å². The van der Waals surface area contributed by atoms with Gasteiger partial charge in [0, 0.05) is 29.5 Å². The van der Waals surface area contributed by atoms with E-state index in [-0.39, 0.29) is 4.90 Å². The van der Waals surface area contributed by atoms with E-state index < -0.39 is 20.5 Å². The van der Waals surface area contributed by atoms with Gasteiger partial charge in [0.2, 0.25) is 5.91 Å². The van der Waals surface area contributed by atoms with Crippen LogP contribution in [0.25, 0.3) is 0 Å². The van der Waals surface area contributed by atoms with Crippen molar-refractivity contribution in [3.63, 3.8) is 0 Å². The number of hydrogen-bond acceptors (Lipinski definition) is 4. The number of fused-ring (bicyclic) bond motifs is 1. The fraction of sp³-hybridized carbons (Fsp3) is 0.409. The molecule has 0 radical (unpaired) electrons. The highest BCUT2D eigenvalue weighted by molar-refractivity contribution is 7.93. The van der Waals surface area contributed by atoms with Crippen molar-refractivity contribution in [3.05, 3.63) is 53.1 Å². The third-order valence-electron chi connectivity index (χ3n) is 6.18. The van der Waals surface area contributed by atoms with Crippen molar-refractivity contribution in [3.8, 4) is 0 Å². The Kier molecular flexibility index (Phi) is 5.34. The Morgan fingerprint density at radius 1 is 1.14 bits per heavy atom. The predicted octanol–water partition coefficient (Wildman–Crippen LogP) is 4.45. The molecular formula is C22H25ClN2O3S. The number of sulfone groups is 1. The van der Waals surface area contributed by atoms with Crippen LogP contribution in [0.2, 0.25) is 5.02 Å². The van der Waals surface area contributed by atoms with Gasteiger partial charge in [-0.25, -0.2) is 8.42 Å². The summed E-state index contributed by atoms with van der Waals surface area (Å²) >= 11 is 5.92. The summed E-state index contributed by atoms with van der Waals surface area (Å²) in [5.41, 5.74) is 3.02. The van der Waals surface area contributed by atoms with Gasteiger partial charge in [0.25, 0.3) is 0 Å². The van der Waals surface area contributed by atoms with E-state index in [9.17, 15) is 13.2 Å². The van der Waals surface area contributed by atoms with E-state index in [1.54, 1.807) is 12.1 Å². The summed E-state index contributed by atoms with van der Waals surface area (Å²) in [6.45, 7) is 3.98. The van der Waals surface area contributed by atoms with E-state index in [1.807, 2.05) is 18.2 Å². The van der Waals surface area contributed by atoms with Gasteiger partial charge < -0.3 is 10.2 Å². The lowest BCUT2D eigenvalue weighted by Gasteiger charge is -2.28. The molecule has 0 spiro atoms. The highest BCUT2D eigenvalue weighted by Gasteiger charge is 2.53. The molecule has 0 saturated heterocycles. The van der Waals surface area contributed by atoms with E-state index in [2.05, 4.69) is 17.1 Å². The topological polar surface area (TPSA) is 66.5 Å². The summed E-state index contributed by atoms with van der Waals surface area (Å²) in [6, 6.07) is 11.9. The molecule has 1 aliphatic carbocycles. The third-order valence-corrected chi connectivity index (χ3v) is 8.95. The molecule has 1 fully saturated rings. The summed E-state index contributed by atoms with van der Waals surface area (Å²) in [6.07, 6.45) is 3.08. The van der Waals surface area contributed by atoms with Gasteiger partial charge in [-0.1, -0.05) is 30.5 Å². The zero-order valence-corrected chi connectivity index (χ0v) is 18.0. The smallest absolute Gasteiger partial charge is 0.246 e. The van der Waals surface area contributed by atoms with E-state index in [1.165, 1.54) is 17.7 Å². The highest BCUT2D eigenvalue weighted by atomic mass is 35.5. The van der Waals surface area contributed by atoms with Gasteiger partial charge in [0.1, 0.15) is 0 Å². The fourth-order valence-corrected chi connectivity index (χ4v) is 6.69. The number of carbonyl (C=O) groups is 1. The quantitative estimate of drug-likeness (QED) is 0.758. The van der Waals surface area contributed by atoms with Crippen molar-refractivity contribution >= 4 is 38.7 Å². The van der Waals surface area contributed by atoms with Crippen molar-refractivity contribution < 1.29 is 13.2 Å². The summed E-state index contributed by atoms with van der Waals surface area (Å²) in [5.74, 6) is -0.439. The number of amides is 1. The molecule has 2 aromatic carbocycles. The van der Waals surface area contributed by atoms with Crippen molar-refractivity contribution in [2.45, 2.75) is 48.7 Å². The van der Waals surface area contributed by atoms with Crippen LogP contribution in [0, 0.1) is 0 Å². The number of hydrogen-bond donors (Lipinski definition) is 1. The molecule has 5 nitrogen and oxygen atoms in total. The van der Waals surface area contributed by atoms with Crippen molar-refractivity contribution in [1.82, 2.24) is 0 Å². The van der Waals surface area contributed by atoms with Gasteiger partial charge in [-0.15, -0.1) is 0 Å². The Morgan fingerprint density at radius 3 is 2.48 bits per heavy atom. The second-order valence-electron chi connectivity index (χ2n) is 7.79. The van der Waals surface area contributed by atoms with Crippen LogP contribution in [0.15, 0.2) is 47.4 Å². The Morgan fingerprint density at radius 2 is 1.83 bits per heavy atom. The molecular weight excluding hydrogens is 408 g/mol. The predicted molar refractivity (Wildman–Crippen MR) is 116 cm³/mol. The maximum absolute atomic E-state index is 13.5. The monoisotopic (exact) mass is 432 g/mol. The van der Waals surface area contributed by atoms with Crippen LogP contribution >= 0.6 is 11.6 Å². The van der Waals surface area contributed by atoms with Crippen LogP contribution in [0.5, 0.6) is 0 Å². The first-order valence-corrected chi connectivity index (χ1v) is 11.9. The largest absolute Gasteiger partial charge is 0.371 e. The first kappa shape index (κ1) is 20.2. The number of halogens is 1. The van der Waals surface area contributed by atoms with E-state index in [0.717, 1.165) is 25.2 Å². The SMILES string of the molecule is CCN1CCc2ccc(NC(=O)C3(S(=O)(=O)c4ccc(Cl)cc4)CCCC3)cc21. The van der Waals surface area contributed by atoms with E-state index >= 15 is 0 Å². The normalized spacial score (nSPS) is 17.9. The number of likely N-dealkylation sites (N-methyl/N-ethyl adjacent to an activating group) is 1. The van der Waals surface area contributed by atoms with Crippen LogP contribution in [0.4, 0.5) is 11.4 Å². The van der Waals surface area contributed by atoms with Crippen molar-refractivity contribution in [2.75, 3.05) is 23.3 Å². The molecule has 4 rings (SSSR count). The molecule has 0 aromatic heterocycles. The van der Waals surface area contributed by atoms with Crippen LogP contribution in [0.1, 0.15) is 38.2 Å². The molecule has 29 heavy (non-hydrogen) atoms. The molecule has 1 aliphatic heterocycles. The summed E-state index contributed by atoms with van der Waals surface area (Å²) in [5, 5.41) is 3.38. The molecule has 1 amide bonds. The first-order valence-electron chi connectivity index (χ1n) is 10.1. The number of nitrogens with one attached hydrogen (secondary N) is 1. The fourth-order valence-electron chi connectivity index (χ4n) is 4.50. The number of nitrogens with zero attached hydrogens (tertiary/aromatic N) is 1. The molecule has 1 N–H and O–H groups in total. The molecule has 1 saturated carbocycles. The summed E-state index contributed by atoms with van der Waals surface area (Å²) in [7, 11) is -3.84. The van der Waals surface area contributed by atoms with Gasteiger partial charge in [-0.2, -0.15) is 0 Å². The average molecular weight is 433 g/mol. The van der Waals surface area contributed by atoms with Gasteiger partial charge in [0.05, 0.1) is 4.90 Å². The van der Waals surface area contributed by atoms with Crippen molar-refractivity contribution in [2.24, 2.45) is 0 Å². The standard InChI is InChI=1S/C22H25ClN2O3S/c1-2-25-14-11-16-5-8-18(15-20(16)25)24-21(26)22(12-3-4-13-22)29(27,28)19-9-6-17(23)7-10-19/h5-10,15H,2-4,11-14H2,1H3,(H,24,26). The van der Waals surface area contributed by atoms with E-state index in [0.29, 0.717) is 36.4 Å². The average Bonchev–Trinajstić information content (AvgIpc) is 3.36. The van der Waals surface area contributed by atoms with Crippen LogP contribution in [-0.2, 0) is 21.1 Å². The Bertz CT molecular complexity index is 1030. The van der Waals surface area contributed by atoms with Gasteiger partial charge >= 0.3 is 0 Å². The molecule has 0 bridgehead atoms. The Balaban J connectivity index is 1.66. The van der Waals surface area contributed by atoms with Gasteiger partial charge in [-0.05, 0) is 68.1 Å². The van der Waals surface area contributed by atoms with Crippen LogP contribution in [-0.4, -0.2) is 32.2 Å². The van der Waals surface area contributed by atoms with Gasteiger partial charge in [-0.3, -0.25) is 4.79 Å². The zero-order valence-electron chi connectivity index (χ0n) is 16.4. The zero-order chi connectivity index (χ0) is 20.6. The molecule has 0 atom stereocenters. The lowest BCUT2D eigenvalue weighted by atomic mass is 10.1. The lowest BCUT2D eigenvalue weighted by Crippen LogP contribution is -2.47. The van der Waals surface area contributed by atoms with Crippen LogP contribution < -0.4 is 10.2 Å². The second-order valence-corrected chi connectivity index (χ2v) is 10.5. The summed E-state index contributed by atoms with van der Waals surface area (Å²) in [4.78, 5) is 15.8. The Labute approximate surface area is 177 Å². The Hall–Kier alpha value is -2.05. The number of anilines is 2. The number of benzene rings is 2. The van der Waals surface area contributed by atoms with Crippen LogP contribution in [0.3, 0.4) is 0 Å². The molecule has 1 heterocycles. The number of rotatable bonds is 5. The first-order chi connectivity index (χ1) is 13.9. The molecule has 2 aromatic rings. The minimum Gasteiger partial charge on any atom is -0.371 e.